The molecule has 1 atom stereocenters. The number of hydrogen-bond acceptors (Lipinski definition) is 3. The van der Waals surface area contributed by atoms with Crippen molar-refractivity contribution in [3.8, 4) is 0 Å². The van der Waals surface area contributed by atoms with Crippen LogP contribution in [-0.4, -0.2) is 20.8 Å². The predicted octanol–water partition coefficient (Wildman–Crippen LogP) is 2.12. The van der Waals surface area contributed by atoms with Gasteiger partial charge in [-0.05, 0) is 12.0 Å². The SMILES string of the molecule is CCC(C(=O)Cc1cn(C)nn1)c1ccccc1. The number of ketones is 1. The molecule has 1 aromatic heterocycles. The highest BCUT2D eigenvalue weighted by Gasteiger charge is 2.19. The van der Waals surface area contributed by atoms with Gasteiger partial charge in [0.2, 0.25) is 0 Å². The van der Waals surface area contributed by atoms with Gasteiger partial charge in [0.05, 0.1) is 12.1 Å². The van der Waals surface area contributed by atoms with Crippen molar-refractivity contribution in [1.29, 1.82) is 0 Å². The van der Waals surface area contributed by atoms with Crippen LogP contribution < -0.4 is 0 Å². The van der Waals surface area contributed by atoms with Gasteiger partial charge in [-0.15, -0.1) is 5.10 Å². The number of nitrogens with zero attached hydrogens (tertiary/aromatic N) is 3. The topological polar surface area (TPSA) is 47.8 Å². The summed E-state index contributed by atoms with van der Waals surface area (Å²) in [6.07, 6.45) is 2.94. The molecule has 0 aliphatic rings. The molecule has 0 saturated heterocycles. The quantitative estimate of drug-likeness (QED) is 0.808. The maximum atomic E-state index is 12.3. The van der Waals surface area contributed by atoms with Gasteiger partial charge in [-0.1, -0.05) is 42.5 Å². The first kappa shape index (κ1) is 12.5. The summed E-state index contributed by atoms with van der Waals surface area (Å²) in [5.41, 5.74) is 1.81. The summed E-state index contributed by atoms with van der Waals surface area (Å²) < 4.78 is 1.62. The van der Waals surface area contributed by atoms with Gasteiger partial charge in [0.15, 0.2) is 0 Å². The molecule has 0 spiro atoms. The summed E-state index contributed by atoms with van der Waals surface area (Å²) in [5.74, 6) is 0.150. The van der Waals surface area contributed by atoms with Crippen LogP contribution in [0, 0.1) is 0 Å². The molecule has 4 nitrogen and oxygen atoms in total. The highest BCUT2D eigenvalue weighted by Crippen LogP contribution is 2.21. The Bertz CT molecular complexity index is 519. The first-order chi connectivity index (χ1) is 8.70. The summed E-state index contributed by atoms with van der Waals surface area (Å²) in [7, 11) is 1.80. The molecule has 1 heterocycles. The van der Waals surface area contributed by atoms with E-state index < -0.39 is 0 Å². The lowest BCUT2D eigenvalue weighted by Gasteiger charge is -2.13. The number of Topliss-reactive ketones (excluding diaryl/α,β-unsaturated/α-hetero) is 1. The van der Waals surface area contributed by atoms with Crippen molar-refractivity contribution >= 4 is 5.78 Å². The van der Waals surface area contributed by atoms with Gasteiger partial charge in [-0.2, -0.15) is 0 Å². The van der Waals surface area contributed by atoms with Gasteiger partial charge in [0.1, 0.15) is 5.78 Å². The molecular weight excluding hydrogens is 226 g/mol. The largest absolute Gasteiger partial charge is 0.299 e. The number of rotatable bonds is 5. The zero-order valence-corrected chi connectivity index (χ0v) is 10.7. The second-order valence-electron chi connectivity index (χ2n) is 4.40. The number of carbonyl (C=O) groups excluding carboxylic acids is 1. The molecule has 0 amide bonds. The lowest BCUT2D eigenvalue weighted by atomic mass is 9.90. The molecule has 0 aliphatic carbocycles. The number of carbonyl (C=O) groups is 1. The molecule has 0 bridgehead atoms. The molecule has 2 rings (SSSR count). The molecule has 0 aliphatic heterocycles. The third kappa shape index (κ3) is 2.83. The normalized spacial score (nSPS) is 12.3. The Morgan fingerprint density at radius 2 is 2.06 bits per heavy atom. The average molecular weight is 243 g/mol. The highest BCUT2D eigenvalue weighted by atomic mass is 16.1. The average Bonchev–Trinajstić information content (AvgIpc) is 2.77. The van der Waals surface area contributed by atoms with Gasteiger partial charge in [0.25, 0.3) is 0 Å². The fraction of sp³-hybridized carbons (Fsp3) is 0.357. The van der Waals surface area contributed by atoms with E-state index in [0.717, 1.165) is 17.7 Å². The Labute approximate surface area is 107 Å². The van der Waals surface area contributed by atoms with Crippen molar-refractivity contribution in [2.75, 3.05) is 0 Å². The summed E-state index contributed by atoms with van der Waals surface area (Å²) >= 11 is 0. The Morgan fingerprint density at radius 1 is 1.33 bits per heavy atom. The Balaban J connectivity index is 2.11. The van der Waals surface area contributed by atoms with Crippen LogP contribution in [0.5, 0.6) is 0 Å². The third-order valence-corrected chi connectivity index (χ3v) is 3.00. The molecule has 0 N–H and O–H groups in total. The molecule has 0 radical (unpaired) electrons. The second-order valence-corrected chi connectivity index (χ2v) is 4.40. The fourth-order valence-corrected chi connectivity index (χ4v) is 2.11. The molecule has 18 heavy (non-hydrogen) atoms. The lowest BCUT2D eigenvalue weighted by Crippen LogP contribution is -2.14. The van der Waals surface area contributed by atoms with Crippen LogP contribution in [0.15, 0.2) is 36.5 Å². The minimum Gasteiger partial charge on any atom is -0.299 e. The van der Waals surface area contributed by atoms with Gasteiger partial charge in [0, 0.05) is 19.2 Å². The second kappa shape index (κ2) is 5.58. The zero-order chi connectivity index (χ0) is 13.0. The highest BCUT2D eigenvalue weighted by molar-refractivity contribution is 5.87. The molecule has 1 aromatic carbocycles. The lowest BCUT2D eigenvalue weighted by molar-refractivity contribution is -0.120. The van der Waals surface area contributed by atoms with Crippen molar-refractivity contribution < 1.29 is 4.79 Å². The number of benzene rings is 1. The van der Waals surface area contributed by atoms with E-state index in [1.807, 2.05) is 37.3 Å². The molecular formula is C14H17N3O. The van der Waals surface area contributed by atoms with Gasteiger partial charge in [-0.3, -0.25) is 9.48 Å². The van der Waals surface area contributed by atoms with E-state index in [0.29, 0.717) is 6.42 Å². The van der Waals surface area contributed by atoms with Crippen LogP contribution in [-0.2, 0) is 18.3 Å². The molecule has 0 saturated carbocycles. The van der Waals surface area contributed by atoms with Crippen LogP contribution >= 0.6 is 0 Å². The zero-order valence-electron chi connectivity index (χ0n) is 10.7. The van der Waals surface area contributed by atoms with E-state index in [9.17, 15) is 4.79 Å². The summed E-state index contributed by atoms with van der Waals surface area (Å²) in [5, 5.41) is 7.80. The minimum absolute atomic E-state index is 0.0480. The van der Waals surface area contributed by atoms with E-state index in [4.69, 9.17) is 0 Å². The van der Waals surface area contributed by atoms with Crippen molar-refractivity contribution in [1.82, 2.24) is 15.0 Å². The summed E-state index contributed by atoms with van der Waals surface area (Å²) in [6, 6.07) is 9.90. The van der Waals surface area contributed by atoms with Gasteiger partial charge < -0.3 is 0 Å². The summed E-state index contributed by atoms with van der Waals surface area (Å²) in [4.78, 5) is 12.3. The smallest absolute Gasteiger partial charge is 0.146 e. The van der Waals surface area contributed by atoms with Crippen molar-refractivity contribution in [2.24, 2.45) is 7.05 Å². The van der Waals surface area contributed by atoms with E-state index in [-0.39, 0.29) is 11.7 Å². The maximum Gasteiger partial charge on any atom is 0.146 e. The minimum atomic E-state index is -0.0480. The molecule has 4 heteroatoms. The maximum absolute atomic E-state index is 12.3. The molecule has 94 valence electrons. The van der Waals surface area contributed by atoms with E-state index in [2.05, 4.69) is 10.3 Å². The van der Waals surface area contributed by atoms with Crippen LogP contribution in [0.4, 0.5) is 0 Å². The Hall–Kier alpha value is -1.97. The van der Waals surface area contributed by atoms with Crippen LogP contribution in [0.1, 0.15) is 30.5 Å². The van der Waals surface area contributed by atoms with Crippen molar-refractivity contribution in [3.05, 3.63) is 47.8 Å². The van der Waals surface area contributed by atoms with Crippen LogP contribution in [0.3, 0.4) is 0 Å². The van der Waals surface area contributed by atoms with Crippen LogP contribution in [0.25, 0.3) is 0 Å². The Kier molecular flexibility index (Phi) is 3.87. The van der Waals surface area contributed by atoms with Crippen molar-refractivity contribution in [2.45, 2.75) is 25.7 Å². The van der Waals surface area contributed by atoms with E-state index in [1.54, 1.807) is 17.9 Å². The van der Waals surface area contributed by atoms with Gasteiger partial charge >= 0.3 is 0 Å². The van der Waals surface area contributed by atoms with Crippen molar-refractivity contribution in [3.63, 3.8) is 0 Å². The Morgan fingerprint density at radius 3 is 2.61 bits per heavy atom. The fourth-order valence-electron chi connectivity index (χ4n) is 2.11. The standard InChI is InChI=1S/C14H17N3O/c1-3-13(11-7-5-4-6-8-11)14(18)9-12-10-17(2)16-15-12/h4-8,10,13H,3,9H2,1-2H3. The predicted molar refractivity (Wildman–Crippen MR) is 69.2 cm³/mol. The van der Waals surface area contributed by atoms with Gasteiger partial charge in [-0.25, -0.2) is 0 Å². The molecule has 0 fully saturated rings. The van der Waals surface area contributed by atoms with E-state index >= 15 is 0 Å². The number of hydrogen-bond donors (Lipinski definition) is 0. The molecule has 2 aromatic rings. The van der Waals surface area contributed by atoms with Crippen LogP contribution in [0.2, 0.25) is 0 Å². The monoisotopic (exact) mass is 243 g/mol. The first-order valence-corrected chi connectivity index (χ1v) is 6.13. The number of aromatic nitrogens is 3. The summed E-state index contributed by atoms with van der Waals surface area (Å²) in [6.45, 7) is 2.03. The third-order valence-electron chi connectivity index (χ3n) is 3.00. The molecule has 1 unspecified atom stereocenters. The first-order valence-electron chi connectivity index (χ1n) is 6.13. The number of aryl methyl sites for hydroxylation is 1. The van der Waals surface area contributed by atoms with E-state index in [1.165, 1.54) is 0 Å².